The summed E-state index contributed by atoms with van der Waals surface area (Å²) in [7, 11) is -2.51. The quantitative estimate of drug-likeness (QED) is 0.727. The number of amides is 2. The fourth-order valence-electron chi connectivity index (χ4n) is 2.38. The monoisotopic (exact) mass is 394 g/mol. The smallest absolute Gasteiger partial charge is 0.243 e. The first-order chi connectivity index (χ1) is 12.6. The Labute approximate surface area is 157 Å². The van der Waals surface area contributed by atoms with E-state index in [1.54, 1.807) is 13.8 Å². The van der Waals surface area contributed by atoms with E-state index in [0.717, 1.165) is 9.87 Å². The average molecular weight is 394 g/mol. The highest BCUT2D eigenvalue weighted by molar-refractivity contribution is 7.89. The molecule has 0 bridgehead atoms. The Hall–Kier alpha value is -2.72. The molecule has 2 amide bonds. The second kappa shape index (κ2) is 8.31. The van der Waals surface area contributed by atoms with Crippen molar-refractivity contribution in [3.05, 3.63) is 41.3 Å². The number of nitrogens with zero attached hydrogens (tertiary/aromatic N) is 2. The van der Waals surface area contributed by atoms with Crippen molar-refractivity contribution in [1.82, 2.24) is 14.8 Å². The molecule has 0 unspecified atom stereocenters. The van der Waals surface area contributed by atoms with E-state index in [9.17, 15) is 18.0 Å². The number of aryl methyl sites for hydroxylation is 2. The van der Waals surface area contributed by atoms with Gasteiger partial charge in [0.15, 0.2) is 0 Å². The molecule has 10 heteroatoms. The number of sulfonamides is 1. The van der Waals surface area contributed by atoms with Crippen LogP contribution in [0.1, 0.15) is 23.9 Å². The minimum absolute atomic E-state index is 0.0256. The number of hydrogen-bond donors (Lipinski definition) is 2. The standard InChI is InChI=1S/C17H22N4O5S/c1-11-16(12(2)26-20-11)9-18-17(23)10-21(4)27(24,25)15-7-5-14(6-8-15)19-13(3)22/h5-8H,9-10H2,1-4H3,(H,18,23)(H,19,22). The molecule has 0 fully saturated rings. The number of rotatable bonds is 7. The number of hydrogen-bond acceptors (Lipinski definition) is 6. The predicted octanol–water partition coefficient (Wildman–Crippen LogP) is 1.19. The lowest BCUT2D eigenvalue weighted by Gasteiger charge is -2.17. The van der Waals surface area contributed by atoms with E-state index in [4.69, 9.17) is 4.52 Å². The van der Waals surface area contributed by atoms with Gasteiger partial charge in [-0.25, -0.2) is 8.42 Å². The SMILES string of the molecule is CC(=O)Nc1ccc(S(=O)(=O)N(C)CC(=O)NCc2c(C)noc2C)cc1. The van der Waals surface area contributed by atoms with Gasteiger partial charge < -0.3 is 15.2 Å². The highest BCUT2D eigenvalue weighted by Gasteiger charge is 2.23. The average Bonchev–Trinajstić information content (AvgIpc) is 2.91. The van der Waals surface area contributed by atoms with E-state index in [0.29, 0.717) is 17.1 Å². The topological polar surface area (TPSA) is 122 Å². The van der Waals surface area contributed by atoms with Gasteiger partial charge in [-0.2, -0.15) is 4.31 Å². The zero-order chi connectivity index (χ0) is 20.2. The van der Waals surface area contributed by atoms with Crippen molar-refractivity contribution in [2.75, 3.05) is 18.9 Å². The van der Waals surface area contributed by atoms with E-state index in [2.05, 4.69) is 15.8 Å². The highest BCUT2D eigenvalue weighted by Crippen LogP contribution is 2.17. The molecule has 0 aliphatic rings. The summed E-state index contributed by atoms with van der Waals surface area (Å²) in [5, 5.41) is 9.02. The maximum absolute atomic E-state index is 12.6. The third-order valence-electron chi connectivity index (χ3n) is 3.89. The van der Waals surface area contributed by atoms with Crippen LogP contribution in [0.5, 0.6) is 0 Å². The molecule has 1 aromatic heterocycles. The summed E-state index contributed by atoms with van der Waals surface area (Å²) in [5.41, 5.74) is 1.93. The summed E-state index contributed by atoms with van der Waals surface area (Å²) >= 11 is 0. The Morgan fingerprint density at radius 3 is 2.33 bits per heavy atom. The normalized spacial score (nSPS) is 11.4. The number of carbonyl (C=O) groups is 2. The van der Waals surface area contributed by atoms with Gasteiger partial charge in [0.2, 0.25) is 21.8 Å². The second-order valence-electron chi connectivity index (χ2n) is 6.05. The highest BCUT2D eigenvalue weighted by atomic mass is 32.2. The zero-order valence-corrected chi connectivity index (χ0v) is 16.4. The molecule has 2 N–H and O–H groups in total. The van der Waals surface area contributed by atoms with E-state index >= 15 is 0 Å². The van der Waals surface area contributed by atoms with Crippen LogP contribution in [0.3, 0.4) is 0 Å². The molecule has 0 aliphatic heterocycles. The van der Waals surface area contributed by atoms with Crippen molar-refractivity contribution in [3.8, 4) is 0 Å². The zero-order valence-electron chi connectivity index (χ0n) is 15.6. The van der Waals surface area contributed by atoms with Crippen molar-refractivity contribution in [2.45, 2.75) is 32.2 Å². The number of benzene rings is 1. The molecule has 0 saturated heterocycles. The van der Waals surface area contributed by atoms with Crippen molar-refractivity contribution in [3.63, 3.8) is 0 Å². The Morgan fingerprint density at radius 1 is 1.19 bits per heavy atom. The number of aromatic nitrogens is 1. The van der Waals surface area contributed by atoms with E-state index in [1.807, 2.05) is 0 Å². The number of carbonyl (C=O) groups excluding carboxylic acids is 2. The third kappa shape index (κ3) is 5.14. The van der Waals surface area contributed by atoms with Gasteiger partial charge in [0.25, 0.3) is 0 Å². The molecule has 2 aromatic rings. The van der Waals surface area contributed by atoms with Crippen LogP contribution in [0.25, 0.3) is 0 Å². The first-order valence-electron chi connectivity index (χ1n) is 8.13. The molecule has 2 rings (SSSR count). The van der Waals surface area contributed by atoms with Crippen LogP contribution in [0.2, 0.25) is 0 Å². The summed E-state index contributed by atoms with van der Waals surface area (Å²) in [6, 6.07) is 5.72. The van der Waals surface area contributed by atoms with Crippen LogP contribution in [-0.2, 0) is 26.2 Å². The number of likely N-dealkylation sites (N-methyl/N-ethyl adjacent to an activating group) is 1. The molecule has 1 aromatic carbocycles. The first kappa shape index (κ1) is 20.6. The van der Waals surface area contributed by atoms with Gasteiger partial charge in [-0.3, -0.25) is 9.59 Å². The van der Waals surface area contributed by atoms with E-state index in [-0.39, 0.29) is 23.9 Å². The largest absolute Gasteiger partial charge is 0.361 e. The molecule has 146 valence electrons. The van der Waals surface area contributed by atoms with Crippen molar-refractivity contribution in [1.29, 1.82) is 0 Å². The van der Waals surface area contributed by atoms with Crippen LogP contribution in [0.15, 0.2) is 33.7 Å². The Balaban J connectivity index is 1.99. The summed E-state index contributed by atoms with van der Waals surface area (Å²) in [5.74, 6) is -0.0957. The molecule has 0 radical (unpaired) electrons. The van der Waals surface area contributed by atoms with Gasteiger partial charge in [-0.05, 0) is 38.1 Å². The lowest BCUT2D eigenvalue weighted by atomic mass is 10.2. The molecule has 0 atom stereocenters. The van der Waals surface area contributed by atoms with Crippen LogP contribution in [0, 0.1) is 13.8 Å². The van der Waals surface area contributed by atoms with Crippen LogP contribution in [0.4, 0.5) is 5.69 Å². The summed E-state index contributed by atoms with van der Waals surface area (Å²) in [4.78, 5) is 23.2. The first-order valence-corrected chi connectivity index (χ1v) is 9.57. The lowest BCUT2D eigenvalue weighted by Crippen LogP contribution is -2.38. The number of nitrogens with one attached hydrogen (secondary N) is 2. The van der Waals surface area contributed by atoms with Gasteiger partial charge >= 0.3 is 0 Å². The summed E-state index contributed by atoms with van der Waals surface area (Å²) in [6.07, 6.45) is 0. The van der Waals surface area contributed by atoms with Crippen LogP contribution in [-0.4, -0.2) is 43.3 Å². The van der Waals surface area contributed by atoms with Gasteiger partial charge in [0.05, 0.1) is 17.1 Å². The van der Waals surface area contributed by atoms with Gasteiger partial charge in [-0.1, -0.05) is 5.16 Å². The van der Waals surface area contributed by atoms with E-state index in [1.165, 1.54) is 38.2 Å². The lowest BCUT2D eigenvalue weighted by molar-refractivity contribution is -0.121. The Kier molecular flexibility index (Phi) is 6.34. The van der Waals surface area contributed by atoms with Crippen molar-refractivity contribution < 1.29 is 22.5 Å². The van der Waals surface area contributed by atoms with Crippen LogP contribution >= 0.6 is 0 Å². The van der Waals surface area contributed by atoms with E-state index < -0.39 is 15.9 Å². The molecule has 27 heavy (non-hydrogen) atoms. The molecular weight excluding hydrogens is 372 g/mol. The molecule has 0 aliphatic carbocycles. The fourth-order valence-corrected chi connectivity index (χ4v) is 3.50. The Morgan fingerprint density at radius 2 is 1.81 bits per heavy atom. The maximum Gasteiger partial charge on any atom is 0.243 e. The van der Waals surface area contributed by atoms with Gasteiger partial charge in [0, 0.05) is 31.8 Å². The summed E-state index contributed by atoms with van der Waals surface area (Å²) < 4.78 is 31.1. The molecular formula is C17H22N4O5S. The predicted molar refractivity (Wildman–Crippen MR) is 98.4 cm³/mol. The van der Waals surface area contributed by atoms with Gasteiger partial charge in [0.1, 0.15) is 5.76 Å². The van der Waals surface area contributed by atoms with Crippen LogP contribution < -0.4 is 10.6 Å². The minimum atomic E-state index is -3.84. The summed E-state index contributed by atoms with van der Waals surface area (Å²) in [6.45, 7) is 4.74. The second-order valence-corrected chi connectivity index (χ2v) is 8.09. The Bertz CT molecular complexity index is 915. The van der Waals surface area contributed by atoms with Crippen molar-refractivity contribution >= 4 is 27.5 Å². The van der Waals surface area contributed by atoms with Crippen molar-refractivity contribution in [2.24, 2.45) is 0 Å². The number of anilines is 1. The minimum Gasteiger partial charge on any atom is -0.361 e. The molecule has 1 heterocycles. The van der Waals surface area contributed by atoms with Gasteiger partial charge in [-0.15, -0.1) is 0 Å². The maximum atomic E-state index is 12.6. The molecule has 0 spiro atoms. The fraction of sp³-hybridized carbons (Fsp3) is 0.353. The molecule has 0 saturated carbocycles. The molecule has 9 nitrogen and oxygen atoms in total. The third-order valence-corrected chi connectivity index (χ3v) is 5.71.